The quantitative estimate of drug-likeness (QED) is 0.623. The maximum Gasteiger partial charge on any atom is 0.190 e. The molecule has 0 aromatic heterocycles. The molecule has 2 atom stereocenters. The van der Waals surface area contributed by atoms with E-state index in [1.807, 2.05) is 25.1 Å². The third-order valence-electron chi connectivity index (χ3n) is 3.39. The Hall–Kier alpha value is -0.920. The fourth-order valence-electron chi connectivity index (χ4n) is 2.11. The average molecular weight is 457 g/mol. The zero-order valence-electron chi connectivity index (χ0n) is 13.3. The Morgan fingerprint density at radius 3 is 2.48 bits per heavy atom. The molecule has 0 saturated carbocycles. The fourth-order valence-corrected chi connectivity index (χ4v) is 2.71. The Kier molecular flexibility index (Phi) is 9.10. The van der Waals surface area contributed by atoms with Crippen LogP contribution in [0.25, 0.3) is 0 Å². The highest BCUT2D eigenvalue weighted by molar-refractivity contribution is 9.10. The van der Waals surface area contributed by atoms with Gasteiger partial charge < -0.3 is 15.2 Å². The first-order chi connectivity index (χ1) is 11.4. The van der Waals surface area contributed by atoms with Gasteiger partial charge >= 0.3 is 0 Å². The molecule has 0 amide bonds. The van der Waals surface area contributed by atoms with Crippen LogP contribution in [-0.2, 0) is 0 Å². The van der Waals surface area contributed by atoms with Gasteiger partial charge in [-0.05, 0) is 36.8 Å². The first kappa shape index (κ1) is 22.1. The van der Waals surface area contributed by atoms with E-state index in [1.165, 1.54) is 0 Å². The zero-order valence-corrected chi connectivity index (χ0v) is 16.5. The summed E-state index contributed by atoms with van der Waals surface area (Å²) in [6, 6.07) is 9.53. The van der Waals surface area contributed by atoms with Gasteiger partial charge in [-0.1, -0.05) is 39.7 Å². The summed E-state index contributed by atoms with van der Waals surface area (Å²) >= 11 is 8.93. The maximum atomic E-state index is 13.6. The lowest BCUT2D eigenvalue weighted by molar-refractivity contribution is 0.0993. The lowest BCUT2D eigenvalue weighted by Crippen LogP contribution is -2.33. The SMILES string of the molecule is CC(NCC(O)COc1c(F)cc(Br)cc1F)c1cccc(Cl)c1.Cl. The van der Waals surface area contributed by atoms with Crippen LogP contribution in [0.15, 0.2) is 40.9 Å². The van der Waals surface area contributed by atoms with E-state index < -0.39 is 23.5 Å². The van der Waals surface area contributed by atoms with Crippen molar-refractivity contribution in [2.75, 3.05) is 13.2 Å². The lowest BCUT2D eigenvalue weighted by atomic mass is 10.1. The minimum atomic E-state index is -0.922. The van der Waals surface area contributed by atoms with E-state index in [-0.39, 0.29) is 36.1 Å². The number of hydrogen-bond acceptors (Lipinski definition) is 3. The standard InChI is InChI=1S/C17H17BrClF2NO2.ClH/c1-10(11-3-2-4-13(19)5-11)22-8-14(23)9-24-17-15(20)6-12(18)7-16(17)21;/h2-7,10,14,22-23H,8-9H2,1H3;1H. The van der Waals surface area contributed by atoms with Crippen LogP contribution in [-0.4, -0.2) is 24.4 Å². The highest BCUT2D eigenvalue weighted by Crippen LogP contribution is 2.26. The number of rotatable bonds is 7. The molecular weight excluding hydrogens is 439 g/mol. The largest absolute Gasteiger partial charge is 0.485 e. The van der Waals surface area contributed by atoms with Gasteiger partial charge in [-0.25, -0.2) is 8.78 Å². The number of halogens is 5. The molecule has 0 bridgehead atoms. The van der Waals surface area contributed by atoms with Gasteiger partial charge in [0.15, 0.2) is 17.4 Å². The Morgan fingerprint density at radius 2 is 1.88 bits per heavy atom. The van der Waals surface area contributed by atoms with E-state index in [9.17, 15) is 13.9 Å². The maximum absolute atomic E-state index is 13.6. The summed E-state index contributed by atoms with van der Waals surface area (Å²) in [7, 11) is 0. The second-order valence-electron chi connectivity index (χ2n) is 5.35. The van der Waals surface area contributed by atoms with Crippen LogP contribution in [0.1, 0.15) is 18.5 Å². The molecular formula is C17H18BrCl2F2NO2. The number of ether oxygens (including phenoxy) is 1. The summed E-state index contributed by atoms with van der Waals surface area (Å²) in [5.74, 6) is -2.15. The summed E-state index contributed by atoms with van der Waals surface area (Å²) in [5.41, 5.74) is 0.973. The molecule has 2 aromatic carbocycles. The smallest absolute Gasteiger partial charge is 0.190 e. The molecule has 2 aromatic rings. The third kappa shape index (κ3) is 6.72. The first-order valence-electron chi connectivity index (χ1n) is 7.31. The third-order valence-corrected chi connectivity index (χ3v) is 4.08. The number of hydrogen-bond donors (Lipinski definition) is 2. The van der Waals surface area contributed by atoms with E-state index >= 15 is 0 Å². The zero-order chi connectivity index (χ0) is 17.7. The predicted molar refractivity (Wildman–Crippen MR) is 101 cm³/mol. The van der Waals surface area contributed by atoms with Crippen molar-refractivity contribution in [2.45, 2.75) is 19.1 Å². The second-order valence-corrected chi connectivity index (χ2v) is 6.70. The normalized spacial score (nSPS) is 13.0. The number of nitrogens with one attached hydrogen (secondary N) is 1. The molecule has 3 nitrogen and oxygen atoms in total. The molecule has 0 fully saturated rings. The molecule has 0 aliphatic carbocycles. The van der Waals surface area contributed by atoms with Gasteiger partial charge in [-0.2, -0.15) is 0 Å². The molecule has 25 heavy (non-hydrogen) atoms. The molecule has 0 spiro atoms. The van der Waals surface area contributed by atoms with E-state index in [2.05, 4.69) is 21.2 Å². The molecule has 8 heteroatoms. The number of aliphatic hydroxyl groups excluding tert-OH is 1. The van der Waals surface area contributed by atoms with Crippen molar-refractivity contribution in [3.05, 3.63) is 63.1 Å². The van der Waals surface area contributed by atoms with Crippen LogP contribution in [0.3, 0.4) is 0 Å². The fraction of sp³-hybridized carbons (Fsp3) is 0.294. The monoisotopic (exact) mass is 455 g/mol. The summed E-state index contributed by atoms with van der Waals surface area (Å²) in [5, 5.41) is 13.7. The Bertz CT molecular complexity index is 683. The molecule has 138 valence electrons. The topological polar surface area (TPSA) is 41.5 Å². The summed E-state index contributed by atoms with van der Waals surface area (Å²) in [6.07, 6.45) is -0.922. The van der Waals surface area contributed by atoms with Crippen molar-refractivity contribution in [2.24, 2.45) is 0 Å². The van der Waals surface area contributed by atoms with Crippen molar-refractivity contribution in [1.82, 2.24) is 5.32 Å². The van der Waals surface area contributed by atoms with Gasteiger partial charge in [0.25, 0.3) is 0 Å². The molecule has 2 unspecified atom stereocenters. The lowest BCUT2D eigenvalue weighted by Gasteiger charge is -2.18. The minimum absolute atomic E-state index is 0. The van der Waals surface area contributed by atoms with Gasteiger partial charge in [0.1, 0.15) is 12.7 Å². The number of benzene rings is 2. The van der Waals surface area contributed by atoms with Crippen LogP contribution < -0.4 is 10.1 Å². The second kappa shape index (κ2) is 10.3. The minimum Gasteiger partial charge on any atom is -0.485 e. The van der Waals surface area contributed by atoms with E-state index in [1.54, 1.807) is 6.07 Å². The molecule has 0 heterocycles. The predicted octanol–water partition coefficient (Wildman–Crippen LogP) is 4.89. The molecule has 0 aliphatic heterocycles. The summed E-state index contributed by atoms with van der Waals surface area (Å²) in [6.45, 7) is 1.89. The highest BCUT2D eigenvalue weighted by atomic mass is 79.9. The van der Waals surface area contributed by atoms with E-state index in [0.717, 1.165) is 17.7 Å². The van der Waals surface area contributed by atoms with Gasteiger partial charge in [-0.15, -0.1) is 12.4 Å². The average Bonchev–Trinajstić information content (AvgIpc) is 2.51. The molecule has 2 N–H and O–H groups in total. The van der Waals surface area contributed by atoms with Crippen LogP contribution in [0.2, 0.25) is 5.02 Å². The Morgan fingerprint density at radius 1 is 1.24 bits per heavy atom. The Labute approximate surface area is 164 Å². The van der Waals surface area contributed by atoms with Gasteiger partial charge in [0, 0.05) is 22.1 Å². The van der Waals surface area contributed by atoms with Crippen molar-refractivity contribution in [3.8, 4) is 5.75 Å². The molecule has 0 aliphatic rings. The summed E-state index contributed by atoms with van der Waals surface area (Å²) < 4.78 is 32.6. The van der Waals surface area contributed by atoms with Gasteiger partial charge in [0.2, 0.25) is 0 Å². The van der Waals surface area contributed by atoms with Crippen molar-refractivity contribution in [1.29, 1.82) is 0 Å². The number of aliphatic hydroxyl groups is 1. The van der Waals surface area contributed by atoms with Crippen LogP contribution >= 0.6 is 39.9 Å². The van der Waals surface area contributed by atoms with Crippen molar-refractivity contribution >= 4 is 39.9 Å². The van der Waals surface area contributed by atoms with E-state index in [4.69, 9.17) is 16.3 Å². The van der Waals surface area contributed by atoms with Crippen LogP contribution in [0, 0.1) is 11.6 Å². The first-order valence-corrected chi connectivity index (χ1v) is 8.48. The van der Waals surface area contributed by atoms with Crippen LogP contribution in [0.4, 0.5) is 8.78 Å². The highest BCUT2D eigenvalue weighted by Gasteiger charge is 2.15. The molecule has 0 radical (unpaired) electrons. The van der Waals surface area contributed by atoms with Crippen LogP contribution in [0.5, 0.6) is 5.75 Å². The molecule has 0 saturated heterocycles. The van der Waals surface area contributed by atoms with Gasteiger partial charge in [-0.3, -0.25) is 0 Å². The Balaban J connectivity index is 0.00000312. The van der Waals surface area contributed by atoms with Crippen molar-refractivity contribution < 1.29 is 18.6 Å². The van der Waals surface area contributed by atoms with Gasteiger partial charge in [0.05, 0.1) is 0 Å². The van der Waals surface area contributed by atoms with E-state index in [0.29, 0.717) is 5.02 Å². The summed E-state index contributed by atoms with van der Waals surface area (Å²) in [4.78, 5) is 0. The van der Waals surface area contributed by atoms with Crippen molar-refractivity contribution in [3.63, 3.8) is 0 Å². The molecule has 2 rings (SSSR count).